The van der Waals surface area contributed by atoms with Crippen molar-refractivity contribution in [2.75, 3.05) is 11.5 Å². The number of carboxylic acids is 1. The molecule has 0 bridgehead atoms. The van der Waals surface area contributed by atoms with Crippen molar-refractivity contribution in [2.24, 2.45) is 17.8 Å². The van der Waals surface area contributed by atoms with Crippen LogP contribution in [0.2, 0.25) is 0 Å². The van der Waals surface area contributed by atoms with Crippen LogP contribution in [0.15, 0.2) is 0 Å². The van der Waals surface area contributed by atoms with Crippen molar-refractivity contribution in [1.82, 2.24) is 0 Å². The molecule has 3 unspecified atom stereocenters. The molecule has 1 N–H and O–H groups in total. The van der Waals surface area contributed by atoms with Gasteiger partial charge in [0.2, 0.25) is 0 Å². The maximum Gasteiger partial charge on any atom is 0.307 e. The molecule has 1 rings (SSSR count). The third-order valence-electron chi connectivity index (χ3n) is 3.42. The van der Waals surface area contributed by atoms with E-state index >= 15 is 0 Å². The summed E-state index contributed by atoms with van der Waals surface area (Å²) in [6.45, 7) is 3.92. The molecule has 0 aromatic rings. The van der Waals surface area contributed by atoms with Crippen LogP contribution < -0.4 is 0 Å². The molecular weight excluding hydrogens is 228 g/mol. The van der Waals surface area contributed by atoms with Crippen LogP contribution in [0.5, 0.6) is 0 Å². The first-order chi connectivity index (χ1) is 7.37. The molecule has 16 heavy (non-hydrogen) atoms. The number of rotatable bonds is 5. The Morgan fingerprint density at radius 3 is 2.50 bits per heavy atom. The van der Waals surface area contributed by atoms with Crippen molar-refractivity contribution >= 4 is 15.8 Å². The fraction of sp³-hybridized carbons (Fsp3) is 0.909. The van der Waals surface area contributed by atoms with Crippen molar-refractivity contribution in [3.8, 4) is 0 Å². The van der Waals surface area contributed by atoms with Gasteiger partial charge in [-0.1, -0.05) is 26.7 Å². The van der Waals surface area contributed by atoms with Gasteiger partial charge < -0.3 is 5.11 Å². The van der Waals surface area contributed by atoms with Gasteiger partial charge in [-0.05, 0) is 18.3 Å². The second kappa shape index (κ2) is 5.17. The Labute approximate surface area is 97.0 Å². The smallest absolute Gasteiger partial charge is 0.307 e. The molecule has 0 radical (unpaired) electrons. The quantitative estimate of drug-likeness (QED) is 0.801. The molecule has 4 nitrogen and oxygen atoms in total. The van der Waals surface area contributed by atoms with E-state index in [1.54, 1.807) is 0 Å². The number of hydrogen-bond donors (Lipinski definition) is 1. The lowest BCUT2D eigenvalue weighted by atomic mass is 9.80. The molecule has 1 aliphatic heterocycles. The molecule has 1 fully saturated rings. The Balaban J connectivity index is 2.76. The Morgan fingerprint density at radius 1 is 1.50 bits per heavy atom. The number of carbonyl (C=O) groups is 1. The maximum atomic E-state index is 11.4. The highest BCUT2D eigenvalue weighted by Crippen LogP contribution is 2.33. The zero-order valence-electron chi connectivity index (χ0n) is 9.85. The summed E-state index contributed by atoms with van der Waals surface area (Å²) in [6.07, 6.45) is 2.28. The summed E-state index contributed by atoms with van der Waals surface area (Å²) < 4.78 is 22.7. The molecule has 5 heteroatoms. The molecule has 1 saturated heterocycles. The van der Waals surface area contributed by atoms with Crippen LogP contribution in [0.25, 0.3) is 0 Å². The lowest BCUT2D eigenvalue weighted by Crippen LogP contribution is -2.30. The Bertz CT molecular complexity index is 347. The molecule has 3 atom stereocenters. The highest BCUT2D eigenvalue weighted by molar-refractivity contribution is 7.91. The molecule has 1 aliphatic rings. The van der Waals surface area contributed by atoms with Crippen LogP contribution in [0.4, 0.5) is 0 Å². The van der Waals surface area contributed by atoms with Gasteiger partial charge in [0.15, 0.2) is 9.84 Å². The average Bonchev–Trinajstić information content (AvgIpc) is 2.46. The van der Waals surface area contributed by atoms with Crippen LogP contribution in [-0.2, 0) is 14.6 Å². The summed E-state index contributed by atoms with van der Waals surface area (Å²) in [5.74, 6) is -1.27. The highest BCUT2D eigenvalue weighted by Gasteiger charge is 2.39. The minimum Gasteiger partial charge on any atom is -0.481 e. The number of aliphatic carboxylic acids is 1. The first-order valence-electron chi connectivity index (χ1n) is 5.80. The maximum absolute atomic E-state index is 11.4. The topological polar surface area (TPSA) is 71.4 Å². The standard InChI is InChI=1S/C11H20O4S/c1-3-4-8(2)10(11(12)13)9-5-6-16(14,15)7-9/h8-10H,3-7H2,1-2H3,(H,12,13). The molecule has 0 aromatic heterocycles. The van der Waals surface area contributed by atoms with Gasteiger partial charge in [0.25, 0.3) is 0 Å². The van der Waals surface area contributed by atoms with Crippen LogP contribution >= 0.6 is 0 Å². The summed E-state index contributed by atoms with van der Waals surface area (Å²) in [6, 6.07) is 0. The van der Waals surface area contributed by atoms with Gasteiger partial charge in [0, 0.05) is 0 Å². The average molecular weight is 248 g/mol. The van der Waals surface area contributed by atoms with Gasteiger partial charge in [0.05, 0.1) is 17.4 Å². The largest absolute Gasteiger partial charge is 0.481 e. The van der Waals surface area contributed by atoms with Crippen molar-refractivity contribution in [3.63, 3.8) is 0 Å². The van der Waals surface area contributed by atoms with Crippen LogP contribution in [0.3, 0.4) is 0 Å². The summed E-state index contributed by atoms with van der Waals surface area (Å²) in [4.78, 5) is 11.2. The van der Waals surface area contributed by atoms with Crippen molar-refractivity contribution in [1.29, 1.82) is 0 Å². The van der Waals surface area contributed by atoms with Crippen molar-refractivity contribution in [2.45, 2.75) is 33.1 Å². The third kappa shape index (κ3) is 3.20. The Kier molecular flexibility index (Phi) is 4.35. The molecule has 0 amide bonds. The van der Waals surface area contributed by atoms with Gasteiger partial charge in [-0.2, -0.15) is 0 Å². The molecule has 94 valence electrons. The molecule has 0 aliphatic carbocycles. The normalized spacial score (nSPS) is 27.5. The van der Waals surface area contributed by atoms with E-state index in [9.17, 15) is 18.3 Å². The van der Waals surface area contributed by atoms with E-state index in [0.29, 0.717) is 6.42 Å². The zero-order chi connectivity index (χ0) is 12.3. The predicted octanol–water partition coefficient (Wildman–Crippen LogP) is 1.56. The fourth-order valence-electron chi connectivity index (χ4n) is 2.65. The number of sulfone groups is 1. The van der Waals surface area contributed by atoms with E-state index in [-0.39, 0.29) is 23.3 Å². The zero-order valence-corrected chi connectivity index (χ0v) is 10.7. The van der Waals surface area contributed by atoms with Crippen LogP contribution in [-0.4, -0.2) is 31.0 Å². The van der Waals surface area contributed by atoms with Gasteiger partial charge in [0.1, 0.15) is 0 Å². The van der Waals surface area contributed by atoms with Gasteiger partial charge in [-0.3, -0.25) is 4.79 Å². The van der Waals surface area contributed by atoms with Crippen molar-refractivity contribution in [3.05, 3.63) is 0 Å². The SMILES string of the molecule is CCCC(C)C(C(=O)O)C1CCS(=O)(=O)C1. The Morgan fingerprint density at radius 2 is 2.12 bits per heavy atom. The number of hydrogen-bond acceptors (Lipinski definition) is 3. The Hall–Kier alpha value is -0.580. The first kappa shape index (κ1) is 13.5. The summed E-state index contributed by atoms with van der Waals surface area (Å²) in [5.41, 5.74) is 0. The van der Waals surface area contributed by atoms with Crippen LogP contribution in [0.1, 0.15) is 33.1 Å². The van der Waals surface area contributed by atoms with E-state index in [4.69, 9.17) is 0 Å². The van der Waals surface area contributed by atoms with E-state index in [0.717, 1.165) is 12.8 Å². The molecule has 0 aromatic carbocycles. The lowest BCUT2D eigenvalue weighted by Gasteiger charge is -2.24. The van der Waals surface area contributed by atoms with Gasteiger partial charge in [-0.15, -0.1) is 0 Å². The third-order valence-corrected chi connectivity index (χ3v) is 5.21. The monoisotopic (exact) mass is 248 g/mol. The van der Waals surface area contributed by atoms with E-state index in [2.05, 4.69) is 0 Å². The second-order valence-corrected chi connectivity index (χ2v) is 7.02. The number of carboxylic acid groups (broad SMARTS) is 1. The van der Waals surface area contributed by atoms with E-state index in [1.807, 2.05) is 13.8 Å². The van der Waals surface area contributed by atoms with Gasteiger partial charge in [-0.25, -0.2) is 8.42 Å². The van der Waals surface area contributed by atoms with Gasteiger partial charge >= 0.3 is 5.97 Å². The molecule has 0 spiro atoms. The van der Waals surface area contributed by atoms with Crippen LogP contribution in [0, 0.1) is 17.8 Å². The second-order valence-electron chi connectivity index (χ2n) is 4.79. The molecule has 1 heterocycles. The minimum absolute atomic E-state index is 0.0536. The first-order valence-corrected chi connectivity index (χ1v) is 7.62. The van der Waals surface area contributed by atoms with E-state index in [1.165, 1.54) is 0 Å². The molecule has 0 saturated carbocycles. The fourth-order valence-corrected chi connectivity index (χ4v) is 4.51. The minimum atomic E-state index is -2.99. The predicted molar refractivity (Wildman–Crippen MR) is 62.0 cm³/mol. The highest BCUT2D eigenvalue weighted by atomic mass is 32.2. The summed E-state index contributed by atoms with van der Waals surface area (Å²) in [7, 11) is -2.99. The summed E-state index contributed by atoms with van der Waals surface area (Å²) in [5, 5.41) is 9.21. The summed E-state index contributed by atoms with van der Waals surface area (Å²) >= 11 is 0. The lowest BCUT2D eigenvalue weighted by molar-refractivity contribution is -0.145. The van der Waals surface area contributed by atoms with E-state index < -0.39 is 21.7 Å². The van der Waals surface area contributed by atoms with Crippen molar-refractivity contribution < 1.29 is 18.3 Å². The molecular formula is C11H20O4S.